The average molecular weight is 375 g/mol. The third-order valence-electron chi connectivity index (χ3n) is 3.42. The maximum absolute atomic E-state index is 12.5. The number of aromatic amines is 1. The van der Waals surface area contributed by atoms with Gasteiger partial charge in [0, 0.05) is 25.8 Å². The van der Waals surface area contributed by atoms with E-state index in [1.54, 1.807) is 12.4 Å². The van der Waals surface area contributed by atoms with Crippen molar-refractivity contribution in [1.82, 2.24) is 14.9 Å². The van der Waals surface area contributed by atoms with Gasteiger partial charge in [0.15, 0.2) is 4.77 Å². The first-order valence-electron chi connectivity index (χ1n) is 7.33. The number of fused-ring (bicyclic) bond motifs is 1. The Bertz CT molecular complexity index is 889. The molecule has 136 valence electrons. The summed E-state index contributed by atoms with van der Waals surface area (Å²) in [6.45, 7) is -0.593. The van der Waals surface area contributed by atoms with Crippen molar-refractivity contribution < 1.29 is 22.7 Å². The number of hydrogen-bond acceptors (Lipinski definition) is 4. The Kier molecular flexibility index (Phi) is 5.96. The van der Waals surface area contributed by atoms with E-state index >= 15 is 0 Å². The molecule has 1 aromatic carbocycles. The van der Waals surface area contributed by atoms with Crippen LogP contribution in [0.1, 0.15) is 16.8 Å². The van der Waals surface area contributed by atoms with Gasteiger partial charge in [-0.25, -0.2) is 0 Å². The molecule has 0 atom stereocenters. The molecule has 1 amide bonds. The van der Waals surface area contributed by atoms with Crippen molar-refractivity contribution in [2.45, 2.75) is 19.1 Å². The van der Waals surface area contributed by atoms with Gasteiger partial charge < -0.3 is 15.0 Å². The first kappa shape index (κ1) is 19.1. The summed E-state index contributed by atoms with van der Waals surface area (Å²) in [4.78, 5) is 27.1. The van der Waals surface area contributed by atoms with Gasteiger partial charge in [0.05, 0.1) is 10.9 Å². The highest BCUT2D eigenvalue weighted by molar-refractivity contribution is 7.71. The minimum atomic E-state index is -4.50. The average Bonchev–Trinajstić information content (AvgIpc) is 2.54. The van der Waals surface area contributed by atoms with Gasteiger partial charge in [-0.1, -0.05) is 0 Å². The molecule has 2 N–H and O–H groups in total. The molecule has 1 aromatic heterocycles. The van der Waals surface area contributed by atoms with E-state index in [-0.39, 0.29) is 21.4 Å². The summed E-state index contributed by atoms with van der Waals surface area (Å²) in [5.41, 5.74) is -0.0475. The fraction of sp³-hybridized carbons (Fsp3) is 0.400. The van der Waals surface area contributed by atoms with Crippen LogP contribution in [0.2, 0.25) is 0 Å². The van der Waals surface area contributed by atoms with Crippen LogP contribution in [0.5, 0.6) is 0 Å². The quantitative estimate of drug-likeness (QED) is 0.601. The zero-order valence-corrected chi connectivity index (χ0v) is 14.1. The molecule has 0 saturated carbocycles. The zero-order chi connectivity index (χ0) is 18.6. The summed E-state index contributed by atoms with van der Waals surface area (Å²) in [5.74, 6) is -0.886. The Hall–Kier alpha value is -2.20. The van der Waals surface area contributed by atoms with Crippen LogP contribution in [0.3, 0.4) is 0 Å². The Morgan fingerprint density at radius 3 is 2.76 bits per heavy atom. The number of nitrogens with zero attached hydrogens (tertiary/aromatic N) is 1. The Balaban J connectivity index is 2.32. The van der Waals surface area contributed by atoms with E-state index in [1.807, 2.05) is 0 Å². The molecular weight excluding hydrogens is 359 g/mol. The second-order valence-electron chi connectivity index (χ2n) is 5.29. The van der Waals surface area contributed by atoms with Crippen molar-refractivity contribution in [3.8, 4) is 0 Å². The Morgan fingerprint density at radius 1 is 1.40 bits per heavy atom. The number of amides is 1. The minimum absolute atomic E-state index is 0.000988. The number of alkyl halides is 3. The summed E-state index contributed by atoms with van der Waals surface area (Å²) in [7, 11) is 1.55. The van der Waals surface area contributed by atoms with Gasteiger partial charge in [-0.05, 0) is 36.8 Å². The number of methoxy groups -OCH3 is 1. The lowest BCUT2D eigenvalue weighted by Crippen LogP contribution is -2.33. The van der Waals surface area contributed by atoms with Crippen molar-refractivity contribution in [1.29, 1.82) is 0 Å². The summed E-state index contributed by atoms with van der Waals surface area (Å²) >= 11 is 5.14. The van der Waals surface area contributed by atoms with E-state index in [9.17, 15) is 22.8 Å². The van der Waals surface area contributed by atoms with Crippen molar-refractivity contribution in [2.24, 2.45) is 0 Å². The van der Waals surface area contributed by atoms with E-state index in [2.05, 4.69) is 4.98 Å². The van der Waals surface area contributed by atoms with Gasteiger partial charge in [-0.15, -0.1) is 0 Å². The lowest BCUT2D eigenvalue weighted by Gasteiger charge is -2.10. The molecule has 0 spiro atoms. The largest absolute Gasteiger partial charge is 0.405 e. The normalized spacial score (nSPS) is 11.7. The molecule has 25 heavy (non-hydrogen) atoms. The SMILES string of the molecule is COCCCn1c(=S)[nH]c2cc(C(=O)NCC(F)(F)F)ccc2c1=O. The van der Waals surface area contributed by atoms with E-state index in [4.69, 9.17) is 17.0 Å². The van der Waals surface area contributed by atoms with Crippen LogP contribution in [0.4, 0.5) is 13.2 Å². The number of halogens is 3. The fourth-order valence-corrected chi connectivity index (χ4v) is 2.53. The highest BCUT2D eigenvalue weighted by Crippen LogP contribution is 2.14. The highest BCUT2D eigenvalue weighted by Gasteiger charge is 2.28. The molecule has 2 aromatic rings. The van der Waals surface area contributed by atoms with E-state index in [1.165, 1.54) is 22.8 Å². The van der Waals surface area contributed by atoms with E-state index in [0.29, 0.717) is 25.0 Å². The maximum Gasteiger partial charge on any atom is 0.405 e. The summed E-state index contributed by atoms with van der Waals surface area (Å²) in [6.07, 6.45) is -3.90. The number of aromatic nitrogens is 2. The number of H-pyrrole nitrogens is 1. The van der Waals surface area contributed by atoms with E-state index in [0.717, 1.165) is 0 Å². The van der Waals surface area contributed by atoms with Crippen LogP contribution in [0.25, 0.3) is 10.9 Å². The van der Waals surface area contributed by atoms with Gasteiger partial charge in [0.25, 0.3) is 11.5 Å². The molecule has 0 saturated heterocycles. The molecule has 0 aliphatic carbocycles. The Morgan fingerprint density at radius 2 is 2.12 bits per heavy atom. The number of carbonyl (C=O) groups is 1. The van der Waals surface area contributed by atoms with Crippen LogP contribution in [-0.4, -0.2) is 41.9 Å². The predicted octanol–water partition coefficient (Wildman–Crippen LogP) is 2.39. The second-order valence-corrected chi connectivity index (χ2v) is 5.68. The molecule has 10 heteroatoms. The first-order valence-corrected chi connectivity index (χ1v) is 7.74. The van der Waals surface area contributed by atoms with Gasteiger partial charge in [0.1, 0.15) is 6.54 Å². The lowest BCUT2D eigenvalue weighted by atomic mass is 10.1. The number of ether oxygens (including phenoxy) is 1. The first-order chi connectivity index (χ1) is 11.7. The molecule has 6 nitrogen and oxygen atoms in total. The van der Waals surface area contributed by atoms with Gasteiger partial charge in [0.2, 0.25) is 0 Å². The Labute approximate surface area is 145 Å². The van der Waals surface area contributed by atoms with Crippen LogP contribution in [-0.2, 0) is 11.3 Å². The standard InChI is InChI=1S/C15H16F3N3O3S/c1-24-6-2-5-21-13(23)10-4-3-9(7-11(10)20-14(21)25)12(22)19-8-15(16,17)18/h3-4,7H,2,5-6,8H2,1H3,(H,19,22)(H,20,25). The lowest BCUT2D eigenvalue weighted by molar-refractivity contribution is -0.123. The van der Waals surface area contributed by atoms with Crippen molar-refractivity contribution >= 4 is 29.0 Å². The zero-order valence-electron chi connectivity index (χ0n) is 13.3. The number of hydrogen-bond donors (Lipinski definition) is 2. The molecule has 0 unspecified atom stereocenters. The van der Waals surface area contributed by atoms with Crippen LogP contribution < -0.4 is 10.9 Å². The van der Waals surface area contributed by atoms with Gasteiger partial charge in [-0.3, -0.25) is 14.2 Å². The van der Waals surface area contributed by atoms with E-state index < -0.39 is 18.6 Å². The maximum atomic E-state index is 12.5. The third kappa shape index (κ3) is 4.89. The highest BCUT2D eigenvalue weighted by atomic mass is 32.1. The van der Waals surface area contributed by atoms with Crippen molar-refractivity contribution in [3.05, 3.63) is 38.9 Å². The summed E-state index contributed by atoms with van der Waals surface area (Å²) in [6, 6.07) is 3.99. The van der Waals surface area contributed by atoms with Gasteiger partial charge >= 0.3 is 6.18 Å². The molecule has 0 aliphatic heterocycles. The molecule has 0 aliphatic rings. The fourth-order valence-electron chi connectivity index (χ4n) is 2.25. The van der Waals surface area contributed by atoms with Crippen molar-refractivity contribution in [2.75, 3.05) is 20.3 Å². The minimum Gasteiger partial charge on any atom is -0.385 e. The second kappa shape index (κ2) is 7.79. The van der Waals surface area contributed by atoms with Gasteiger partial charge in [-0.2, -0.15) is 13.2 Å². The van der Waals surface area contributed by atoms with Crippen LogP contribution >= 0.6 is 12.2 Å². The number of nitrogens with one attached hydrogen (secondary N) is 2. The molecule has 1 heterocycles. The molecule has 0 fully saturated rings. The molecular formula is C15H16F3N3O3S. The monoisotopic (exact) mass is 375 g/mol. The summed E-state index contributed by atoms with van der Waals surface area (Å²) < 4.78 is 43.0. The molecule has 2 rings (SSSR count). The number of rotatable bonds is 6. The summed E-state index contributed by atoms with van der Waals surface area (Å²) in [5, 5.41) is 2.07. The topological polar surface area (TPSA) is 76.1 Å². The number of carbonyl (C=O) groups excluding carboxylic acids is 1. The predicted molar refractivity (Wildman–Crippen MR) is 88.3 cm³/mol. The molecule has 0 bridgehead atoms. The molecule has 0 radical (unpaired) electrons. The number of benzene rings is 1. The van der Waals surface area contributed by atoms with Crippen LogP contribution in [0, 0.1) is 4.77 Å². The smallest absolute Gasteiger partial charge is 0.385 e. The van der Waals surface area contributed by atoms with Crippen molar-refractivity contribution in [3.63, 3.8) is 0 Å². The van der Waals surface area contributed by atoms with Crippen LogP contribution in [0.15, 0.2) is 23.0 Å². The third-order valence-corrected chi connectivity index (χ3v) is 3.75.